The minimum atomic E-state index is -4.34. The average Bonchev–Trinajstić information content (AvgIpc) is 3.37. The Morgan fingerprint density at radius 3 is 2.82 bits per heavy atom. The van der Waals surface area contributed by atoms with Crippen LogP contribution in [0.3, 0.4) is 0 Å². The minimum Gasteiger partial charge on any atom is -0.367 e. The molecule has 0 radical (unpaired) electrons. The number of carbonyl (C=O) groups is 1. The Hall–Kier alpha value is -2.52. The van der Waals surface area contributed by atoms with Gasteiger partial charge in [-0.15, -0.1) is 0 Å². The third-order valence-corrected chi connectivity index (χ3v) is 5.71. The highest BCUT2D eigenvalue weighted by Gasteiger charge is 2.46. The van der Waals surface area contributed by atoms with E-state index in [2.05, 4.69) is 15.5 Å². The Balaban J connectivity index is 1.54. The van der Waals surface area contributed by atoms with Crippen LogP contribution in [0.5, 0.6) is 0 Å². The van der Waals surface area contributed by atoms with Gasteiger partial charge in [-0.25, -0.2) is 4.68 Å². The summed E-state index contributed by atoms with van der Waals surface area (Å²) in [6.45, 7) is 2.86. The number of rotatable bonds is 3. The normalized spacial score (nSPS) is 24.9. The van der Waals surface area contributed by atoms with Gasteiger partial charge in [-0.3, -0.25) is 9.48 Å². The predicted molar refractivity (Wildman–Crippen MR) is 96.1 cm³/mol. The quantitative estimate of drug-likeness (QED) is 0.866. The topological polar surface area (TPSA) is 68.0 Å². The molecule has 3 atom stereocenters. The Bertz CT molecular complexity index is 873. The molecule has 28 heavy (non-hydrogen) atoms. The van der Waals surface area contributed by atoms with Crippen LogP contribution in [-0.4, -0.2) is 55.7 Å². The number of nitrogens with one attached hydrogen (secondary N) is 1. The fourth-order valence-corrected chi connectivity index (χ4v) is 4.07. The monoisotopic (exact) mass is 396 g/mol. The molecule has 10 heteroatoms. The second-order valence-corrected chi connectivity index (χ2v) is 7.52. The summed E-state index contributed by atoms with van der Waals surface area (Å²) >= 11 is 0. The Labute approximate surface area is 160 Å². The van der Waals surface area contributed by atoms with E-state index in [1.54, 1.807) is 30.3 Å². The second-order valence-electron chi connectivity index (χ2n) is 7.52. The van der Waals surface area contributed by atoms with Crippen LogP contribution in [0.15, 0.2) is 18.3 Å². The van der Waals surface area contributed by atoms with Gasteiger partial charge < -0.3 is 10.2 Å². The zero-order valence-corrected chi connectivity index (χ0v) is 15.8. The minimum absolute atomic E-state index is 0.0239. The first-order valence-corrected chi connectivity index (χ1v) is 9.48. The molecule has 2 aliphatic heterocycles. The molecule has 4 rings (SSSR count). The number of hydrogen-bond acceptors (Lipinski definition) is 4. The Morgan fingerprint density at radius 1 is 1.39 bits per heavy atom. The van der Waals surface area contributed by atoms with E-state index >= 15 is 0 Å². The van der Waals surface area contributed by atoms with Gasteiger partial charge in [0.2, 0.25) is 0 Å². The molecule has 0 bridgehead atoms. The van der Waals surface area contributed by atoms with E-state index in [9.17, 15) is 18.0 Å². The number of hydrogen-bond donors (Lipinski definition) is 1. The highest BCUT2D eigenvalue weighted by Crippen LogP contribution is 2.41. The summed E-state index contributed by atoms with van der Waals surface area (Å²) in [5, 5.41) is 11.5. The molecule has 0 aromatic carbocycles. The van der Waals surface area contributed by atoms with Gasteiger partial charge in [-0.05, 0) is 25.3 Å². The van der Waals surface area contributed by atoms with Gasteiger partial charge in [0.15, 0.2) is 6.04 Å². The molecule has 152 valence electrons. The fraction of sp³-hybridized carbons (Fsp3) is 0.611. The maximum absolute atomic E-state index is 13.5. The first kappa shape index (κ1) is 18.8. The third kappa shape index (κ3) is 3.24. The van der Waals surface area contributed by atoms with Gasteiger partial charge in [0.1, 0.15) is 11.5 Å². The third-order valence-electron chi connectivity index (χ3n) is 5.71. The van der Waals surface area contributed by atoms with Crippen molar-refractivity contribution in [3.8, 4) is 0 Å². The van der Waals surface area contributed by atoms with Crippen LogP contribution in [0, 0.1) is 0 Å². The number of anilines is 1. The lowest BCUT2D eigenvalue weighted by Crippen LogP contribution is -2.38. The van der Waals surface area contributed by atoms with Gasteiger partial charge >= 0.3 is 6.18 Å². The van der Waals surface area contributed by atoms with Crippen LogP contribution in [0.2, 0.25) is 0 Å². The van der Waals surface area contributed by atoms with Crippen molar-refractivity contribution in [3.05, 3.63) is 29.7 Å². The number of aromatic nitrogens is 4. The molecule has 1 unspecified atom stereocenters. The maximum atomic E-state index is 13.5. The van der Waals surface area contributed by atoms with E-state index in [0.717, 1.165) is 4.68 Å². The first-order valence-electron chi connectivity index (χ1n) is 9.48. The number of fused-ring (bicyclic) bond motifs is 1. The van der Waals surface area contributed by atoms with E-state index in [-0.39, 0.29) is 24.3 Å². The van der Waals surface area contributed by atoms with Crippen molar-refractivity contribution in [3.63, 3.8) is 0 Å². The number of likely N-dealkylation sites (tertiary alicyclic amines) is 1. The summed E-state index contributed by atoms with van der Waals surface area (Å²) in [5.74, 6) is 0.210. The van der Waals surface area contributed by atoms with Gasteiger partial charge in [-0.2, -0.15) is 23.4 Å². The molecule has 1 amide bonds. The Kier molecular flexibility index (Phi) is 4.59. The summed E-state index contributed by atoms with van der Waals surface area (Å²) in [5.41, 5.74) is 1.10. The molecular weight excluding hydrogens is 373 g/mol. The van der Waals surface area contributed by atoms with Crippen molar-refractivity contribution >= 4 is 11.7 Å². The molecule has 2 aliphatic rings. The number of nitrogens with zero attached hydrogens (tertiary/aromatic N) is 5. The van der Waals surface area contributed by atoms with Crippen LogP contribution >= 0.6 is 0 Å². The molecule has 0 spiro atoms. The van der Waals surface area contributed by atoms with E-state index in [4.69, 9.17) is 0 Å². The van der Waals surface area contributed by atoms with Crippen LogP contribution < -0.4 is 5.32 Å². The number of alkyl halides is 3. The number of aryl methyl sites for hydroxylation is 1. The largest absolute Gasteiger partial charge is 0.410 e. The molecular formula is C18H23F3N6O. The predicted octanol–water partition coefficient (Wildman–Crippen LogP) is 2.94. The van der Waals surface area contributed by atoms with Crippen molar-refractivity contribution in [2.24, 2.45) is 7.05 Å². The lowest BCUT2D eigenvalue weighted by Gasteiger charge is -2.32. The molecule has 2 aromatic heterocycles. The highest BCUT2D eigenvalue weighted by molar-refractivity contribution is 5.92. The second kappa shape index (κ2) is 6.82. The first-order chi connectivity index (χ1) is 13.3. The van der Waals surface area contributed by atoms with Crippen molar-refractivity contribution in [1.82, 2.24) is 24.5 Å². The van der Waals surface area contributed by atoms with Crippen LogP contribution in [-0.2, 0) is 7.05 Å². The van der Waals surface area contributed by atoms with E-state index < -0.39 is 12.2 Å². The van der Waals surface area contributed by atoms with E-state index in [1.807, 2.05) is 6.92 Å². The SMILES string of the molecule is CC[C@@H]1C[C@H](C(F)(F)F)n2nc(C3CCN(C(=O)c4ccnn4C)C3)cc2N1. The van der Waals surface area contributed by atoms with E-state index in [1.165, 1.54) is 4.68 Å². The number of amides is 1. The summed E-state index contributed by atoms with van der Waals surface area (Å²) in [6, 6.07) is 1.53. The van der Waals surface area contributed by atoms with Gasteiger partial charge in [0, 0.05) is 44.4 Å². The van der Waals surface area contributed by atoms with Crippen LogP contribution in [0.4, 0.5) is 19.0 Å². The lowest BCUT2D eigenvalue weighted by molar-refractivity contribution is -0.173. The summed E-state index contributed by atoms with van der Waals surface area (Å²) < 4.78 is 43.2. The Morgan fingerprint density at radius 2 is 2.18 bits per heavy atom. The maximum Gasteiger partial charge on any atom is 0.410 e. The zero-order chi connectivity index (χ0) is 20.1. The molecule has 0 aliphatic carbocycles. The van der Waals surface area contributed by atoms with Gasteiger partial charge in [0.05, 0.1) is 5.69 Å². The van der Waals surface area contributed by atoms with Crippen molar-refractivity contribution in [2.75, 3.05) is 18.4 Å². The molecule has 0 saturated carbocycles. The van der Waals surface area contributed by atoms with Crippen LogP contribution in [0.25, 0.3) is 0 Å². The fourth-order valence-electron chi connectivity index (χ4n) is 4.07. The summed E-state index contributed by atoms with van der Waals surface area (Å²) in [6.07, 6.45) is -1.51. The molecule has 1 fully saturated rings. The van der Waals surface area contributed by atoms with E-state index in [0.29, 0.717) is 43.1 Å². The van der Waals surface area contributed by atoms with Crippen molar-refractivity contribution in [1.29, 1.82) is 0 Å². The average molecular weight is 396 g/mol. The summed E-state index contributed by atoms with van der Waals surface area (Å²) in [7, 11) is 1.71. The standard InChI is InChI=1S/C18H23F3N6O/c1-3-12-8-15(18(19,20)21)27-16(23-12)9-13(24-27)11-5-7-26(10-11)17(28)14-4-6-22-25(14)2/h4,6,9,11-12,15,23H,3,5,7-8,10H2,1-2H3/t11?,12-,15-/m1/s1. The highest BCUT2D eigenvalue weighted by atomic mass is 19.4. The zero-order valence-electron chi connectivity index (χ0n) is 15.8. The van der Waals surface area contributed by atoms with Crippen LogP contribution in [0.1, 0.15) is 54.3 Å². The molecule has 1 saturated heterocycles. The lowest BCUT2D eigenvalue weighted by atomic mass is 10.0. The smallest absolute Gasteiger partial charge is 0.367 e. The number of carbonyl (C=O) groups excluding carboxylic acids is 1. The summed E-state index contributed by atoms with van der Waals surface area (Å²) in [4.78, 5) is 14.4. The molecule has 1 N–H and O–H groups in total. The van der Waals surface area contributed by atoms with Crippen molar-refractivity contribution in [2.45, 2.75) is 50.4 Å². The van der Waals surface area contributed by atoms with Gasteiger partial charge in [0.25, 0.3) is 5.91 Å². The molecule has 4 heterocycles. The molecule has 7 nitrogen and oxygen atoms in total. The molecule has 2 aromatic rings. The number of halogens is 3. The van der Waals surface area contributed by atoms with Gasteiger partial charge in [-0.1, -0.05) is 6.92 Å². The van der Waals surface area contributed by atoms with Crippen molar-refractivity contribution < 1.29 is 18.0 Å².